The number of carbonyl (C=O) groups is 1. The van der Waals surface area contributed by atoms with Crippen LogP contribution in [0.15, 0.2) is 78.9 Å². The minimum absolute atomic E-state index is 0.376. The maximum Gasteiger partial charge on any atom is 0.411 e. The van der Waals surface area contributed by atoms with Crippen molar-refractivity contribution < 1.29 is 9.53 Å². The second-order valence-corrected chi connectivity index (χ2v) is 8.69. The fourth-order valence-electron chi connectivity index (χ4n) is 4.97. The predicted octanol–water partition coefficient (Wildman–Crippen LogP) is 6.10. The van der Waals surface area contributed by atoms with E-state index >= 15 is 0 Å². The van der Waals surface area contributed by atoms with Crippen LogP contribution in [0.1, 0.15) is 25.7 Å². The van der Waals surface area contributed by atoms with Crippen LogP contribution >= 0.6 is 0 Å². The van der Waals surface area contributed by atoms with Gasteiger partial charge in [-0.3, -0.25) is 5.32 Å². The second kappa shape index (κ2) is 8.94. The molecule has 4 heteroatoms. The highest BCUT2D eigenvalue weighted by Gasteiger charge is 2.33. The van der Waals surface area contributed by atoms with Crippen LogP contribution in [0.25, 0.3) is 22.3 Å². The van der Waals surface area contributed by atoms with Gasteiger partial charge in [-0.1, -0.05) is 72.8 Å². The number of fused-ring (bicyclic) bond motifs is 2. The highest BCUT2D eigenvalue weighted by Crippen LogP contribution is 2.32. The van der Waals surface area contributed by atoms with Crippen molar-refractivity contribution in [2.24, 2.45) is 5.92 Å². The summed E-state index contributed by atoms with van der Waals surface area (Å²) in [6.07, 6.45) is 4.34. The number of anilines is 1. The Morgan fingerprint density at radius 1 is 0.806 bits per heavy atom. The van der Waals surface area contributed by atoms with Gasteiger partial charge in [0.05, 0.1) is 12.3 Å². The number of amides is 1. The molecule has 158 valence electrons. The van der Waals surface area contributed by atoms with Crippen LogP contribution in [-0.4, -0.2) is 24.8 Å². The van der Waals surface area contributed by atoms with E-state index in [2.05, 4.69) is 47.0 Å². The molecule has 0 aliphatic carbocycles. The Balaban J connectivity index is 1.24. The predicted molar refractivity (Wildman–Crippen MR) is 125 cm³/mol. The van der Waals surface area contributed by atoms with Gasteiger partial charge in [-0.2, -0.15) is 0 Å². The Morgan fingerprint density at radius 2 is 1.42 bits per heavy atom. The second-order valence-electron chi connectivity index (χ2n) is 8.69. The monoisotopic (exact) mass is 412 g/mol. The first-order valence-electron chi connectivity index (χ1n) is 11.2. The SMILES string of the molecule is O=C(Nc1ccccc1-c1ccc(-c2ccccc2)cc1)OC[C@H]1C[C@H]2CC[C@@H](C1)N2. The van der Waals surface area contributed by atoms with Crippen LogP contribution in [-0.2, 0) is 4.74 Å². The number of carbonyl (C=O) groups excluding carboxylic acids is 1. The molecule has 1 amide bonds. The molecule has 3 atom stereocenters. The number of ether oxygens (including phenoxy) is 1. The third-order valence-electron chi connectivity index (χ3n) is 6.49. The van der Waals surface area contributed by atoms with Gasteiger partial charge >= 0.3 is 6.09 Å². The van der Waals surface area contributed by atoms with E-state index in [9.17, 15) is 4.79 Å². The molecule has 2 aliphatic rings. The first-order chi connectivity index (χ1) is 15.2. The molecule has 5 rings (SSSR count). The van der Waals surface area contributed by atoms with Crippen LogP contribution in [0.5, 0.6) is 0 Å². The van der Waals surface area contributed by atoms with E-state index in [1.165, 1.54) is 24.0 Å². The van der Waals surface area contributed by atoms with Gasteiger partial charge in [0.1, 0.15) is 0 Å². The first kappa shape index (κ1) is 19.8. The molecular formula is C27H28N2O2. The number of benzene rings is 3. The Hall–Kier alpha value is -3.11. The molecule has 2 N–H and O–H groups in total. The summed E-state index contributed by atoms with van der Waals surface area (Å²) < 4.78 is 5.60. The minimum atomic E-state index is -0.376. The third kappa shape index (κ3) is 4.64. The molecule has 0 aromatic heterocycles. The van der Waals surface area contributed by atoms with E-state index in [4.69, 9.17) is 4.74 Å². The molecule has 0 spiro atoms. The molecule has 2 bridgehead atoms. The molecular weight excluding hydrogens is 384 g/mol. The highest BCUT2D eigenvalue weighted by molar-refractivity contribution is 5.91. The molecule has 2 heterocycles. The van der Waals surface area contributed by atoms with Gasteiger partial charge in [-0.05, 0) is 54.4 Å². The molecule has 0 saturated carbocycles. The molecule has 0 unspecified atom stereocenters. The maximum atomic E-state index is 12.5. The van der Waals surface area contributed by atoms with Crippen LogP contribution < -0.4 is 10.6 Å². The molecule has 31 heavy (non-hydrogen) atoms. The van der Waals surface area contributed by atoms with Crippen LogP contribution in [0.4, 0.5) is 10.5 Å². The molecule has 0 radical (unpaired) electrons. The van der Waals surface area contributed by atoms with Crippen molar-refractivity contribution in [1.29, 1.82) is 0 Å². The first-order valence-corrected chi connectivity index (χ1v) is 11.2. The van der Waals surface area contributed by atoms with Crippen molar-refractivity contribution in [2.45, 2.75) is 37.8 Å². The summed E-state index contributed by atoms with van der Waals surface area (Å²) in [4.78, 5) is 12.5. The minimum Gasteiger partial charge on any atom is -0.449 e. The molecule has 3 aromatic carbocycles. The van der Waals surface area contributed by atoms with Crippen molar-refractivity contribution in [3.05, 3.63) is 78.9 Å². The summed E-state index contributed by atoms with van der Waals surface area (Å²) in [7, 11) is 0. The maximum absolute atomic E-state index is 12.5. The van der Waals surface area contributed by atoms with Crippen LogP contribution in [0.3, 0.4) is 0 Å². The van der Waals surface area contributed by atoms with Gasteiger partial charge in [-0.15, -0.1) is 0 Å². The lowest BCUT2D eigenvalue weighted by Gasteiger charge is -2.28. The van der Waals surface area contributed by atoms with E-state index in [1.807, 2.05) is 42.5 Å². The smallest absolute Gasteiger partial charge is 0.411 e. The van der Waals surface area contributed by atoms with Gasteiger partial charge in [-0.25, -0.2) is 4.79 Å². The summed E-state index contributed by atoms with van der Waals surface area (Å²) in [6, 6.07) is 27.8. The zero-order chi connectivity index (χ0) is 21.0. The molecule has 2 aliphatic heterocycles. The van der Waals surface area contributed by atoms with E-state index in [-0.39, 0.29) is 6.09 Å². The number of rotatable bonds is 5. The average molecular weight is 413 g/mol. The van der Waals surface area contributed by atoms with Gasteiger partial charge < -0.3 is 10.1 Å². The number of para-hydroxylation sites is 1. The zero-order valence-corrected chi connectivity index (χ0v) is 17.6. The lowest BCUT2D eigenvalue weighted by molar-refractivity contribution is 0.122. The fraction of sp³-hybridized carbons (Fsp3) is 0.296. The van der Waals surface area contributed by atoms with Crippen molar-refractivity contribution in [3.8, 4) is 22.3 Å². The lowest BCUT2D eigenvalue weighted by atomic mass is 9.93. The van der Waals surface area contributed by atoms with E-state index in [0.29, 0.717) is 24.6 Å². The lowest BCUT2D eigenvalue weighted by Crippen LogP contribution is -2.39. The van der Waals surface area contributed by atoms with Gasteiger partial charge in [0.15, 0.2) is 0 Å². The summed E-state index contributed by atoms with van der Waals surface area (Å²) in [6.45, 7) is 0.494. The molecule has 4 nitrogen and oxygen atoms in total. The number of hydrogen-bond acceptors (Lipinski definition) is 3. The Kier molecular flexibility index (Phi) is 5.72. The van der Waals surface area contributed by atoms with Crippen molar-refractivity contribution in [3.63, 3.8) is 0 Å². The average Bonchev–Trinajstić information content (AvgIpc) is 3.16. The van der Waals surface area contributed by atoms with Crippen molar-refractivity contribution in [2.75, 3.05) is 11.9 Å². The quantitative estimate of drug-likeness (QED) is 0.532. The van der Waals surface area contributed by atoms with Gasteiger partial charge in [0.25, 0.3) is 0 Å². The van der Waals surface area contributed by atoms with Crippen LogP contribution in [0.2, 0.25) is 0 Å². The Morgan fingerprint density at radius 3 is 2.16 bits per heavy atom. The van der Waals surface area contributed by atoms with Crippen LogP contribution in [0, 0.1) is 5.92 Å². The molecule has 2 saturated heterocycles. The van der Waals surface area contributed by atoms with Gasteiger partial charge in [0, 0.05) is 17.6 Å². The Labute approximate surface area is 183 Å². The summed E-state index contributed by atoms with van der Waals surface area (Å²) >= 11 is 0. The fourth-order valence-corrected chi connectivity index (χ4v) is 4.97. The third-order valence-corrected chi connectivity index (χ3v) is 6.49. The molecule has 2 fully saturated rings. The topological polar surface area (TPSA) is 50.4 Å². The normalized spacial score (nSPS) is 22.1. The van der Waals surface area contributed by atoms with Crippen molar-refractivity contribution >= 4 is 11.8 Å². The number of piperidine rings is 1. The number of nitrogens with one attached hydrogen (secondary N) is 2. The van der Waals surface area contributed by atoms with Gasteiger partial charge in [0.2, 0.25) is 0 Å². The summed E-state index contributed by atoms with van der Waals surface area (Å²) in [5.74, 6) is 0.463. The number of hydrogen-bond donors (Lipinski definition) is 2. The van der Waals surface area contributed by atoms with E-state index in [0.717, 1.165) is 29.7 Å². The Bertz CT molecular complexity index is 1020. The zero-order valence-electron chi connectivity index (χ0n) is 17.6. The highest BCUT2D eigenvalue weighted by atomic mass is 16.5. The molecule has 3 aromatic rings. The van der Waals surface area contributed by atoms with E-state index < -0.39 is 0 Å². The summed E-state index contributed by atoms with van der Waals surface area (Å²) in [5, 5.41) is 6.59. The van der Waals surface area contributed by atoms with Crippen molar-refractivity contribution in [1.82, 2.24) is 5.32 Å². The van der Waals surface area contributed by atoms with E-state index in [1.54, 1.807) is 0 Å². The largest absolute Gasteiger partial charge is 0.449 e. The standard InChI is InChI=1S/C27H28N2O2/c30-27(31-18-19-16-23-14-15-24(17-19)28-23)29-26-9-5-4-8-25(26)22-12-10-21(11-13-22)20-6-2-1-3-7-20/h1-13,19,23-24,28H,14-18H2,(H,29,30)/t19-,23+,24-. The summed E-state index contributed by atoms with van der Waals surface area (Å²) in [5.41, 5.74) is 5.18.